The van der Waals surface area contributed by atoms with Gasteiger partial charge in [-0.25, -0.2) is 0 Å². The van der Waals surface area contributed by atoms with Crippen LogP contribution in [0.15, 0.2) is 23.4 Å². The lowest BCUT2D eigenvalue weighted by molar-refractivity contribution is 0.322. The minimum atomic E-state index is 0.984. The van der Waals surface area contributed by atoms with Gasteiger partial charge in [0.25, 0.3) is 0 Å². The summed E-state index contributed by atoms with van der Waals surface area (Å²) in [6.45, 7) is 0. The summed E-state index contributed by atoms with van der Waals surface area (Å²) in [4.78, 5) is 0. The molecule has 0 fully saturated rings. The number of nitrogens with zero attached hydrogens (tertiary/aromatic N) is 1. The molecule has 0 unspecified atom stereocenters. The molecule has 1 N–H and O–H groups in total. The maximum Gasteiger partial charge on any atom is 0.0733 e. The monoisotopic (exact) mass is 161 g/mol. The Morgan fingerprint density at radius 1 is 1.25 bits per heavy atom. The van der Waals surface area contributed by atoms with Gasteiger partial charge in [0, 0.05) is 0 Å². The average molecular weight is 161 g/mol. The Bertz CT molecular complexity index is 318. The summed E-state index contributed by atoms with van der Waals surface area (Å²) in [5.74, 6) is 0. The van der Waals surface area contributed by atoms with Crippen molar-refractivity contribution in [3.63, 3.8) is 0 Å². The van der Waals surface area contributed by atoms with Crippen molar-refractivity contribution in [2.45, 2.75) is 19.3 Å². The Kier molecular flexibility index (Phi) is 1.82. The van der Waals surface area contributed by atoms with Crippen LogP contribution >= 0.6 is 0 Å². The first-order valence-electron chi connectivity index (χ1n) is 4.19. The lowest BCUT2D eigenvalue weighted by Crippen LogP contribution is -1.86. The Morgan fingerprint density at radius 3 is 2.92 bits per heavy atom. The van der Waals surface area contributed by atoms with E-state index in [9.17, 15) is 0 Å². The topological polar surface area (TPSA) is 32.6 Å². The molecule has 1 aliphatic carbocycles. The molecule has 0 atom stereocenters. The summed E-state index contributed by atoms with van der Waals surface area (Å²) in [7, 11) is 0. The molecule has 0 radical (unpaired) electrons. The van der Waals surface area contributed by atoms with E-state index in [1.807, 2.05) is 6.07 Å². The van der Waals surface area contributed by atoms with Crippen molar-refractivity contribution in [3.05, 3.63) is 34.9 Å². The van der Waals surface area contributed by atoms with Crippen LogP contribution in [-0.4, -0.2) is 11.4 Å². The molecule has 0 aromatic heterocycles. The van der Waals surface area contributed by atoms with Crippen molar-refractivity contribution in [2.24, 2.45) is 5.16 Å². The number of fused-ring (bicyclic) bond motifs is 1. The summed E-state index contributed by atoms with van der Waals surface area (Å²) in [5, 5.41) is 11.3. The van der Waals surface area contributed by atoms with Crippen molar-refractivity contribution < 1.29 is 5.21 Å². The number of hydrogen-bond donors (Lipinski definition) is 1. The fourth-order valence-corrected chi connectivity index (χ4v) is 1.74. The third kappa shape index (κ3) is 1.20. The predicted octanol–water partition coefficient (Wildman–Crippen LogP) is 1.98. The van der Waals surface area contributed by atoms with E-state index in [-0.39, 0.29) is 0 Å². The van der Waals surface area contributed by atoms with E-state index in [1.54, 1.807) is 0 Å². The first-order valence-corrected chi connectivity index (χ1v) is 4.19. The SMILES string of the molecule is ON=Cc1ccc2c(c1)CCC2. The highest BCUT2D eigenvalue weighted by molar-refractivity contribution is 5.79. The second kappa shape index (κ2) is 2.97. The molecule has 0 saturated carbocycles. The van der Waals surface area contributed by atoms with Crippen LogP contribution in [0.4, 0.5) is 0 Å². The summed E-state index contributed by atoms with van der Waals surface area (Å²) in [5.41, 5.74) is 3.84. The Morgan fingerprint density at radius 2 is 2.08 bits per heavy atom. The Labute approximate surface area is 71.5 Å². The van der Waals surface area contributed by atoms with Gasteiger partial charge in [-0.15, -0.1) is 0 Å². The van der Waals surface area contributed by atoms with E-state index in [2.05, 4.69) is 17.3 Å². The van der Waals surface area contributed by atoms with Gasteiger partial charge in [-0.05, 0) is 42.0 Å². The average Bonchev–Trinajstić information content (AvgIpc) is 2.51. The highest BCUT2D eigenvalue weighted by Crippen LogP contribution is 2.22. The first kappa shape index (κ1) is 7.35. The molecule has 0 saturated heterocycles. The number of benzene rings is 1. The fourth-order valence-electron chi connectivity index (χ4n) is 1.74. The van der Waals surface area contributed by atoms with Crippen LogP contribution < -0.4 is 0 Å². The van der Waals surface area contributed by atoms with Gasteiger partial charge in [-0.3, -0.25) is 0 Å². The lowest BCUT2D eigenvalue weighted by Gasteiger charge is -1.98. The van der Waals surface area contributed by atoms with Crippen LogP contribution in [0.1, 0.15) is 23.1 Å². The van der Waals surface area contributed by atoms with Crippen molar-refractivity contribution in [2.75, 3.05) is 0 Å². The van der Waals surface area contributed by atoms with E-state index in [0.29, 0.717) is 0 Å². The molecule has 0 bridgehead atoms. The number of aryl methyl sites for hydroxylation is 2. The summed E-state index contributed by atoms with van der Waals surface area (Å²) in [6.07, 6.45) is 5.10. The molecule has 0 spiro atoms. The number of oxime groups is 1. The molecule has 62 valence electrons. The van der Waals surface area contributed by atoms with Gasteiger partial charge in [0.1, 0.15) is 0 Å². The van der Waals surface area contributed by atoms with Gasteiger partial charge < -0.3 is 5.21 Å². The van der Waals surface area contributed by atoms with E-state index in [4.69, 9.17) is 5.21 Å². The molecule has 1 aromatic rings. The van der Waals surface area contributed by atoms with Crippen LogP contribution in [0.25, 0.3) is 0 Å². The van der Waals surface area contributed by atoms with Gasteiger partial charge in [0.15, 0.2) is 0 Å². The van der Waals surface area contributed by atoms with Gasteiger partial charge in [-0.2, -0.15) is 0 Å². The van der Waals surface area contributed by atoms with Crippen LogP contribution in [0.2, 0.25) is 0 Å². The molecule has 0 heterocycles. The maximum atomic E-state index is 8.34. The molecular weight excluding hydrogens is 150 g/mol. The molecule has 1 aliphatic rings. The molecule has 2 heteroatoms. The molecule has 12 heavy (non-hydrogen) atoms. The standard InChI is InChI=1S/C10H11NO/c12-11-7-8-4-5-9-2-1-3-10(9)6-8/h4-7,12H,1-3H2. The summed E-state index contributed by atoms with van der Waals surface area (Å²) >= 11 is 0. The Hall–Kier alpha value is -1.31. The molecule has 0 amide bonds. The van der Waals surface area contributed by atoms with E-state index in [1.165, 1.54) is 36.6 Å². The fraction of sp³-hybridized carbons (Fsp3) is 0.300. The molecule has 1 aromatic carbocycles. The summed E-state index contributed by atoms with van der Waals surface area (Å²) < 4.78 is 0. The third-order valence-electron chi connectivity index (χ3n) is 2.33. The molecular formula is C10H11NO. The second-order valence-electron chi connectivity index (χ2n) is 3.13. The van der Waals surface area contributed by atoms with Gasteiger partial charge in [0.2, 0.25) is 0 Å². The highest BCUT2D eigenvalue weighted by atomic mass is 16.4. The summed E-state index contributed by atoms with van der Waals surface area (Å²) in [6, 6.07) is 6.21. The van der Waals surface area contributed by atoms with Gasteiger partial charge >= 0.3 is 0 Å². The zero-order valence-corrected chi connectivity index (χ0v) is 6.83. The van der Waals surface area contributed by atoms with Crippen molar-refractivity contribution >= 4 is 6.21 Å². The largest absolute Gasteiger partial charge is 0.411 e. The molecule has 2 rings (SSSR count). The number of hydrogen-bond acceptors (Lipinski definition) is 2. The Balaban J connectivity index is 2.38. The van der Waals surface area contributed by atoms with Crippen LogP contribution in [0.3, 0.4) is 0 Å². The number of rotatable bonds is 1. The van der Waals surface area contributed by atoms with Gasteiger partial charge in [-0.1, -0.05) is 17.3 Å². The molecule has 0 aliphatic heterocycles. The van der Waals surface area contributed by atoms with E-state index in [0.717, 1.165) is 5.56 Å². The smallest absolute Gasteiger partial charge is 0.0733 e. The second-order valence-corrected chi connectivity index (χ2v) is 3.13. The van der Waals surface area contributed by atoms with Crippen LogP contribution in [0.5, 0.6) is 0 Å². The quantitative estimate of drug-likeness (QED) is 0.381. The van der Waals surface area contributed by atoms with Crippen molar-refractivity contribution in [1.29, 1.82) is 0 Å². The zero-order chi connectivity index (χ0) is 8.39. The van der Waals surface area contributed by atoms with Crippen LogP contribution in [-0.2, 0) is 12.8 Å². The highest BCUT2D eigenvalue weighted by Gasteiger charge is 2.09. The molecule has 2 nitrogen and oxygen atoms in total. The predicted molar refractivity (Wildman–Crippen MR) is 47.8 cm³/mol. The van der Waals surface area contributed by atoms with Gasteiger partial charge in [0.05, 0.1) is 6.21 Å². The van der Waals surface area contributed by atoms with E-state index < -0.39 is 0 Å². The maximum absolute atomic E-state index is 8.34. The zero-order valence-electron chi connectivity index (χ0n) is 6.83. The minimum Gasteiger partial charge on any atom is -0.411 e. The normalized spacial score (nSPS) is 15.3. The van der Waals surface area contributed by atoms with Crippen molar-refractivity contribution in [3.8, 4) is 0 Å². The van der Waals surface area contributed by atoms with E-state index >= 15 is 0 Å². The minimum absolute atomic E-state index is 0.984. The first-order chi connectivity index (χ1) is 5.90. The van der Waals surface area contributed by atoms with Crippen molar-refractivity contribution in [1.82, 2.24) is 0 Å². The van der Waals surface area contributed by atoms with Crippen LogP contribution in [0, 0.1) is 0 Å². The lowest BCUT2D eigenvalue weighted by atomic mass is 10.1. The third-order valence-corrected chi connectivity index (χ3v) is 2.33.